The van der Waals surface area contributed by atoms with Crippen LogP contribution in [0.5, 0.6) is 0 Å². The van der Waals surface area contributed by atoms with Gasteiger partial charge in [-0.1, -0.05) is 20.8 Å². The zero-order valence-electron chi connectivity index (χ0n) is 15.8. The van der Waals surface area contributed by atoms with Gasteiger partial charge in [-0.2, -0.15) is 0 Å². The van der Waals surface area contributed by atoms with Crippen LogP contribution in [0.2, 0.25) is 0 Å². The molecule has 2 aromatic rings. The van der Waals surface area contributed by atoms with E-state index in [-0.39, 0.29) is 23.4 Å². The molecule has 2 aliphatic heterocycles. The molecule has 1 amide bonds. The first-order chi connectivity index (χ1) is 12.3. The molecule has 2 atom stereocenters. The van der Waals surface area contributed by atoms with E-state index < -0.39 is 0 Å². The van der Waals surface area contributed by atoms with E-state index >= 15 is 0 Å². The summed E-state index contributed by atoms with van der Waals surface area (Å²) in [4.78, 5) is 24.0. The molecule has 4 rings (SSSR count). The van der Waals surface area contributed by atoms with E-state index in [1.165, 1.54) is 5.69 Å². The number of nitrogens with zero attached hydrogens (tertiary/aromatic N) is 4. The van der Waals surface area contributed by atoms with Crippen molar-refractivity contribution in [1.82, 2.24) is 30.3 Å². The lowest BCUT2D eigenvalue weighted by Gasteiger charge is -2.19. The molecule has 7 heteroatoms. The van der Waals surface area contributed by atoms with Gasteiger partial charge in [-0.25, -0.2) is 20.8 Å². The molecule has 0 spiro atoms. The molecule has 1 fully saturated rings. The molecular formula is C19H26N6O. The van der Waals surface area contributed by atoms with Gasteiger partial charge in [-0.3, -0.25) is 4.79 Å². The fourth-order valence-corrected chi connectivity index (χ4v) is 3.64. The summed E-state index contributed by atoms with van der Waals surface area (Å²) in [5, 5.41) is 0. The van der Waals surface area contributed by atoms with Gasteiger partial charge in [0.2, 0.25) is 5.91 Å². The van der Waals surface area contributed by atoms with Crippen molar-refractivity contribution in [3.05, 3.63) is 47.3 Å². The number of hydrogen-bond acceptors (Lipinski definition) is 5. The minimum Gasteiger partial charge on any atom is -0.353 e. The highest BCUT2D eigenvalue weighted by molar-refractivity contribution is 5.82. The number of amides is 1. The number of nitrogens with one attached hydrogen (secondary N) is 2. The lowest BCUT2D eigenvalue weighted by molar-refractivity contribution is -0.133. The summed E-state index contributed by atoms with van der Waals surface area (Å²) >= 11 is 0. The summed E-state index contributed by atoms with van der Waals surface area (Å²) in [5.41, 5.74) is 9.54. The van der Waals surface area contributed by atoms with Crippen molar-refractivity contribution in [3.8, 4) is 0 Å². The van der Waals surface area contributed by atoms with Crippen LogP contribution in [0.4, 0.5) is 0 Å². The van der Waals surface area contributed by atoms with Gasteiger partial charge in [-0.05, 0) is 18.6 Å². The summed E-state index contributed by atoms with van der Waals surface area (Å²) in [7, 11) is 2.02. The molecule has 1 saturated heterocycles. The van der Waals surface area contributed by atoms with E-state index in [9.17, 15) is 4.79 Å². The van der Waals surface area contributed by atoms with E-state index in [2.05, 4.69) is 47.2 Å². The van der Waals surface area contributed by atoms with E-state index in [0.29, 0.717) is 13.1 Å². The summed E-state index contributed by atoms with van der Waals surface area (Å²) in [6, 6.07) is 4.02. The fraction of sp³-hybridized carbons (Fsp3) is 0.526. The van der Waals surface area contributed by atoms with Crippen LogP contribution < -0.4 is 10.9 Å². The first kappa shape index (κ1) is 17.2. The maximum atomic E-state index is 13.0. The molecule has 26 heavy (non-hydrogen) atoms. The Morgan fingerprint density at radius 3 is 2.77 bits per heavy atom. The monoisotopic (exact) mass is 354 g/mol. The van der Waals surface area contributed by atoms with Gasteiger partial charge in [0.1, 0.15) is 11.9 Å². The second kappa shape index (κ2) is 6.17. The van der Waals surface area contributed by atoms with Gasteiger partial charge in [0, 0.05) is 42.7 Å². The van der Waals surface area contributed by atoms with E-state index in [0.717, 1.165) is 23.5 Å². The topological polar surface area (TPSA) is 75.1 Å². The number of rotatable bonds is 2. The summed E-state index contributed by atoms with van der Waals surface area (Å²) in [6.45, 7) is 7.46. The third-order valence-electron chi connectivity index (χ3n) is 5.18. The van der Waals surface area contributed by atoms with E-state index in [1.807, 2.05) is 30.4 Å². The molecular weight excluding hydrogens is 328 g/mol. The molecule has 0 aromatic carbocycles. The third kappa shape index (κ3) is 3.01. The predicted octanol–water partition coefficient (Wildman–Crippen LogP) is 1.56. The standard InChI is InChI=1S/C19H26N6O/c1-19(2,3)18-20-9-12-10-25(11-15(12)21-18)17(26)14-8-13(22-23-14)16-6-5-7-24(16)4/h5-7,9,13-14,22-23H,8,10-11H2,1-4H3. The predicted molar refractivity (Wildman–Crippen MR) is 97.8 cm³/mol. The van der Waals surface area contributed by atoms with Crippen molar-refractivity contribution < 1.29 is 4.79 Å². The Kier molecular flexibility index (Phi) is 4.08. The smallest absolute Gasteiger partial charge is 0.241 e. The average molecular weight is 354 g/mol. The number of carbonyl (C=O) groups is 1. The zero-order chi connectivity index (χ0) is 18.5. The minimum absolute atomic E-state index is 0.0916. The van der Waals surface area contributed by atoms with Crippen molar-refractivity contribution in [2.75, 3.05) is 0 Å². The van der Waals surface area contributed by atoms with Crippen LogP contribution in [0, 0.1) is 0 Å². The number of aromatic nitrogens is 3. The van der Waals surface area contributed by atoms with Gasteiger partial charge >= 0.3 is 0 Å². The molecule has 0 bridgehead atoms. The first-order valence-electron chi connectivity index (χ1n) is 9.09. The molecule has 2 unspecified atom stereocenters. The van der Waals surface area contributed by atoms with E-state index in [4.69, 9.17) is 4.98 Å². The molecule has 4 heterocycles. The van der Waals surface area contributed by atoms with Crippen molar-refractivity contribution in [3.63, 3.8) is 0 Å². The lowest BCUT2D eigenvalue weighted by Crippen LogP contribution is -2.43. The molecule has 2 aromatic heterocycles. The van der Waals surface area contributed by atoms with Gasteiger partial charge in [0.05, 0.1) is 18.3 Å². The summed E-state index contributed by atoms with van der Waals surface area (Å²) < 4.78 is 2.08. The van der Waals surface area contributed by atoms with E-state index in [1.54, 1.807) is 0 Å². The minimum atomic E-state index is -0.223. The molecule has 0 aliphatic carbocycles. The lowest BCUT2D eigenvalue weighted by atomic mass is 9.95. The summed E-state index contributed by atoms with van der Waals surface area (Å²) in [6.07, 6.45) is 4.64. The average Bonchev–Trinajstić information content (AvgIpc) is 3.31. The highest BCUT2D eigenvalue weighted by Crippen LogP contribution is 2.28. The van der Waals surface area contributed by atoms with Gasteiger partial charge in [-0.15, -0.1) is 0 Å². The Labute approximate surface area is 153 Å². The Balaban J connectivity index is 1.44. The highest BCUT2D eigenvalue weighted by atomic mass is 16.2. The molecule has 138 valence electrons. The van der Waals surface area contributed by atoms with Crippen LogP contribution in [0.3, 0.4) is 0 Å². The van der Waals surface area contributed by atoms with Gasteiger partial charge < -0.3 is 9.47 Å². The van der Waals surface area contributed by atoms with Crippen LogP contribution >= 0.6 is 0 Å². The Hall–Kier alpha value is -2.25. The number of hydrazine groups is 1. The largest absolute Gasteiger partial charge is 0.353 e. The molecule has 2 N–H and O–H groups in total. The zero-order valence-corrected chi connectivity index (χ0v) is 15.8. The molecule has 7 nitrogen and oxygen atoms in total. The van der Waals surface area contributed by atoms with Crippen molar-refractivity contribution in [2.24, 2.45) is 7.05 Å². The van der Waals surface area contributed by atoms with Crippen molar-refractivity contribution in [2.45, 2.75) is 57.8 Å². The summed E-state index contributed by atoms with van der Waals surface area (Å²) in [5.74, 6) is 0.944. The number of aryl methyl sites for hydroxylation is 1. The van der Waals surface area contributed by atoms with Crippen LogP contribution in [-0.2, 0) is 30.3 Å². The third-order valence-corrected chi connectivity index (χ3v) is 5.18. The second-order valence-electron chi connectivity index (χ2n) is 8.28. The normalized spacial score (nSPS) is 22.7. The van der Waals surface area contributed by atoms with Crippen LogP contribution in [-0.4, -0.2) is 31.4 Å². The number of carbonyl (C=O) groups excluding carboxylic acids is 1. The van der Waals surface area contributed by atoms with Crippen molar-refractivity contribution in [1.29, 1.82) is 0 Å². The van der Waals surface area contributed by atoms with Crippen LogP contribution in [0.25, 0.3) is 0 Å². The van der Waals surface area contributed by atoms with Crippen LogP contribution in [0.1, 0.15) is 56.0 Å². The Morgan fingerprint density at radius 1 is 1.27 bits per heavy atom. The van der Waals surface area contributed by atoms with Gasteiger partial charge in [0.15, 0.2) is 0 Å². The van der Waals surface area contributed by atoms with Crippen molar-refractivity contribution >= 4 is 5.91 Å². The number of hydrogen-bond donors (Lipinski definition) is 2. The quantitative estimate of drug-likeness (QED) is 0.856. The molecule has 0 radical (unpaired) electrons. The first-order valence-corrected chi connectivity index (χ1v) is 9.09. The number of fused-ring (bicyclic) bond motifs is 1. The highest BCUT2D eigenvalue weighted by Gasteiger charge is 2.36. The fourth-order valence-electron chi connectivity index (χ4n) is 3.64. The Bertz CT molecular complexity index is 837. The second-order valence-corrected chi connectivity index (χ2v) is 8.28. The SMILES string of the molecule is Cn1cccc1C1CC(C(=O)N2Cc3cnc(C(C)(C)C)nc3C2)NN1. The maximum absolute atomic E-state index is 13.0. The molecule has 2 aliphatic rings. The van der Waals surface area contributed by atoms with Crippen LogP contribution in [0.15, 0.2) is 24.5 Å². The molecule has 0 saturated carbocycles. The Morgan fingerprint density at radius 2 is 2.08 bits per heavy atom. The maximum Gasteiger partial charge on any atom is 0.241 e. The van der Waals surface area contributed by atoms with Gasteiger partial charge in [0.25, 0.3) is 0 Å².